The van der Waals surface area contributed by atoms with Gasteiger partial charge >= 0.3 is 5.97 Å². The van der Waals surface area contributed by atoms with Crippen LogP contribution in [0.1, 0.15) is 18.1 Å². The summed E-state index contributed by atoms with van der Waals surface area (Å²) in [6, 6.07) is 0. The normalized spacial score (nSPS) is 14.3. The number of aliphatic hydroxyl groups is 2. The topological polar surface area (TPSA) is 77.8 Å². The van der Waals surface area contributed by atoms with E-state index < -0.39 is 59.2 Å². The molecule has 0 saturated heterocycles. The van der Waals surface area contributed by atoms with Gasteiger partial charge in [0.05, 0.1) is 18.1 Å². The fourth-order valence-electron chi connectivity index (χ4n) is 1.36. The molecule has 1 aromatic carbocycles. The number of halogens is 5. The average molecular weight is 286 g/mol. The van der Waals surface area contributed by atoms with Gasteiger partial charge in [-0.05, 0) is 0 Å². The molecule has 19 heavy (non-hydrogen) atoms. The maximum Gasteiger partial charge on any atom is 0.306 e. The molecule has 9 heteroatoms. The Balaban J connectivity index is 3.31. The van der Waals surface area contributed by atoms with Crippen molar-refractivity contribution in [1.29, 1.82) is 0 Å². The molecular weight excluding hydrogens is 279 g/mol. The third-order valence-electron chi connectivity index (χ3n) is 2.29. The highest BCUT2D eigenvalue weighted by Crippen LogP contribution is 2.30. The van der Waals surface area contributed by atoms with E-state index in [1.807, 2.05) is 0 Å². The summed E-state index contributed by atoms with van der Waals surface area (Å²) in [4.78, 5) is 10.2. The van der Waals surface area contributed by atoms with E-state index in [-0.39, 0.29) is 0 Å². The summed E-state index contributed by atoms with van der Waals surface area (Å²) in [6.07, 6.45) is -5.94. The average Bonchev–Trinajstić information content (AvgIpc) is 2.33. The summed E-state index contributed by atoms with van der Waals surface area (Å²) in [5, 5.41) is 26.7. The number of carbonyl (C=O) groups is 1. The van der Waals surface area contributed by atoms with Gasteiger partial charge in [-0.3, -0.25) is 4.79 Å². The first kappa shape index (κ1) is 15.3. The molecule has 0 aliphatic carbocycles. The van der Waals surface area contributed by atoms with E-state index in [4.69, 9.17) is 10.2 Å². The van der Waals surface area contributed by atoms with Crippen LogP contribution in [0.15, 0.2) is 0 Å². The number of hydrogen-bond donors (Lipinski definition) is 3. The number of aliphatic carboxylic acids is 1. The van der Waals surface area contributed by atoms with Gasteiger partial charge in [-0.25, -0.2) is 22.0 Å². The molecule has 0 aromatic heterocycles. The molecule has 0 saturated carbocycles. The smallest absolute Gasteiger partial charge is 0.306 e. The first-order valence-corrected chi connectivity index (χ1v) is 4.77. The molecule has 0 aliphatic rings. The Kier molecular flexibility index (Phi) is 4.43. The molecule has 1 rings (SSSR count). The summed E-state index contributed by atoms with van der Waals surface area (Å²) in [6.45, 7) is 0. The summed E-state index contributed by atoms with van der Waals surface area (Å²) >= 11 is 0. The maximum absolute atomic E-state index is 13.2. The van der Waals surface area contributed by atoms with Crippen molar-refractivity contribution < 1.29 is 42.1 Å². The second kappa shape index (κ2) is 5.49. The van der Waals surface area contributed by atoms with Crippen LogP contribution in [-0.4, -0.2) is 27.4 Å². The van der Waals surface area contributed by atoms with Crippen LogP contribution in [0.4, 0.5) is 22.0 Å². The third-order valence-corrected chi connectivity index (χ3v) is 2.29. The van der Waals surface area contributed by atoms with Crippen molar-refractivity contribution in [1.82, 2.24) is 0 Å². The van der Waals surface area contributed by atoms with Crippen molar-refractivity contribution >= 4 is 5.97 Å². The number of carboxylic acid groups (broad SMARTS) is 1. The lowest BCUT2D eigenvalue weighted by molar-refractivity contribution is -0.141. The van der Waals surface area contributed by atoms with Crippen LogP contribution in [0.2, 0.25) is 0 Å². The fourth-order valence-corrected chi connectivity index (χ4v) is 1.36. The van der Waals surface area contributed by atoms with Gasteiger partial charge in [0.1, 0.15) is 6.10 Å². The van der Waals surface area contributed by atoms with E-state index in [1.165, 1.54) is 0 Å². The molecule has 0 heterocycles. The zero-order valence-corrected chi connectivity index (χ0v) is 9.00. The lowest BCUT2D eigenvalue weighted by atomic mass is 10.00. The molecule has 2 unspecified atom stereocenters. The van der Waals surface area contributed by atoms with Crippen LogP contribution >= 0.6 is 0 Å². The van der Waals surface area contributed by atoms with E-state index in [2.05, 4.69) is 0 Å². The van der Waals surface area contributed by atoms with E-state index in [0.717, 1.165) is 0 Å². The van der Waals surface area contributed by atoms with Crippen LogP contribution < -0.4 is 0 Å². The van der Waals surface area contributed by atoms with Gasteiger partial charge in [0, 0.05) is 0 Å². The van der Waals surface area contributed by atoms with Gasteiger partial charge in [0.25, 0.3) is 0 Å². The number of aliphatic hydroxyl groups excluding tert-OH is 2. The Morgan fingerprint density at radius 1 is 0.895 bits per heavy atom. The highest BCUT2D eigenvalue weighted by Gasteiger charge is 2.33. The lowest BCUT2D eigenvalue weighted by Crippen LogP contribution is -2.25. The minimum Gasteiger partial charge on any atom is -0.481 e. The van der Waals surface area contributed by atoms with Gasteiger partial charge < -0.3 is 15.3 Å². The summed E-state index contributed by atoms with van der Waals surface area (Å²) in [5.74, 6) is -13.3. The summed E-state index contributed by atoms with van der Waals surface area (Å²) < 4.78 is 64.8. The first-order valence-electron chi connectivity index (χ1n) is 4.77. The van der Waals surface area contributed by atoms with E-state index >= 15 is 0 Å². The monoisotopic (exact) mass is 286 g/mol. The third kappa shape index (κ3) is 2.82. The number of rotatable bonds is 4. The predicted octanol–water partition coefficient (Wildman–Crippen LogP) is 1.25. The zero-order chi connectivity index (χ0) is 14.9. The van der Waals surface area contributed by atoms with Crippen molar-refractivity contribution in [3.05, 3.63) is 34.6 Å². The van der Waals surface area contributed by atoms with E-state index in [9.17, 15) is 31.9 Å². The number of benzene rings is 1. The van der Waals surface area contributed by atoms with Gasteiger partial charge in [0.2, 0.25) is 5.82 Å². The van der Waals surface area contributed by atoms with Crippen molar-refractivity contribution in [2.75, 3.05) is 0 Å². The molecule has 0 aliphatic heterocycles. The Bertz CT molecular complexity index is 490. The van der Waals surface area contributed by atoms with Crippen LogP contribution in [-0.2, 0) is 4.79 Å². The molecule has 0 spiro atoms. The molecule has 4 nitrogen and oxygen atoms in total. The standard InChI is InChI=1S/C10H7F5O4/c11-5-4(10(19)2(16)1-3(17)18)6(12)8(14)9(15)7(5)13/h2,10,16,19H,1H2,(H,17,18). The van der Waals surface area contributed by atoms with Gasteiger partial charge in [0.15, 0.2) is 23.3 Å². The van der Waals surface area contributed by atoms with E-state index in [0.29, 0.717) is 0 Å². The van der Waals surface area contributed by atoms with Crippen molar-refractivity contribution in [3.8, 4) is 0 Å². The second-order valence-electron chi connectivity index (χ2n) is 3.59. The van der Waals surface area contributed by atoms with Gasteiger partial charge in [-0.2, -0.15) is 0 Å². The highest BCUT2D eigenvalue weighted by molar-refractivity contribution is 5.67. The molecule has 3 N–H and O–H groups in total. The minimum atomic E-state index is -2.57. The quantitative estimate of drug-likeness (QED) is 0.442. The predicted molar refractivity (Wildman–Crippen MR) is 49.5 cm³/mol. The maximum atomic E-state index is 13.2. The minimum absolute atomic E-state index is 1.14. The zero-order valence-electron chi connectivity index (χ0n) is 9.00. The van der Waals surface area contributed by atoms with Crippen LogP contribution in [0.25, 0.3) is 0 Å². The van der Waals surface area contributed by atoms with Crippen LogP contribution in [0, 0.1) is 29.1 Å². The molecular formula is C10H7F5O4. The van der Waals surface area contributed by atoms with Crippen molar-refractivity contribution in [3.63, 3.8) is 0 Å². The fraction of sp³-hybridized carbons (Fsp3) is 0.300. The van der Waals surface area contributed by atoms with Crippen molar-refractivity contribution in [2.45, 2.75) is 18.6 Å². The SMILES string of the molecule is O=C(O)CC(O)C(O)c1c(F)c(F)c(F)c(F)c1F. The summed E-state index contributed by atoms with van der Waals surface area (Å²) in [7, 11) is 0. The Hall–Kier alpha value is -1.74. The highest BCUT2D eigenvalue weighted by atomic mass is 19.2. The van der Waals surface area contributed by atoms with Crippen LogP contribution in [0.5, 0.6) is 0 Å². The summed E-state index contributed by atoms with van der Waals surface area (Å²) in [5.41, 5.74) is -1.68. The van der Waals surface area contributed by atoms with Gasteiger partial charge in [-0.15, -0.1) is 0 Å². The molecule has 106 valence electrons. The van der Waals surface area contributed by atoms with Crippen molar-refractivity contribution in [2.24, 2.45) is 0 Å². The molecule has 1 aromatic rings. The number of hydrogen-bond acceptors (Lipinski definition) is 3. The molecule has 0 radical (unpaired) electrons. The van der Waals surface area contributed by atoms with Gasteiger partial charge in [-0.1, -0.05) is 0 Å². The number of carboxylic acids is 1. The van der Waals surface area contributed by atoms with E-state index in [1.54, 1.807) is 0 Å². The molecule has 0 bridgehead atoms. The Morgan fingerprint density at radius 3 is 1.63 bits per heavy atom. The largest absolute Gasteiger partial charge is 0.481 e. The first-order chi connectivity index (χ1) is 8.68. The molecule has 0 fully saturated rings. The lowest BCUT2D eigenvalue weighted by Gasteiger charge is -2.18. The molecule has 0 amide bonds. The van der Waals surface area contributed by atoms with Crippen LogP contribution in [0.3, 0.4) is 0 Å². The Labute approximate surface area is 102 Å². The molecule has 2 atom stereocenters. The Morgan fingerprint density at radius 2 is 1.26 bits per heavy atom. The second-order valence-corrected chi connectivity index (χ2v) is 3.59.